The van der Waals surface area contributed by atoms with Crippen LogP contribution in [0.4, 0.5) is 0 Å². The minimum atomic E-state index is -0.969. The lowest BCUT2D eigenvalue weighted by Crippen LogP contribution is -2.52. The van der Waals surface area contributed by atoms with Gasteiger partial charge >= 0.3 is 5.97 Å². The number of hydrogen-bond acceptors (Lipinski definition) is 3. The summed E-state index contributed by atoms with van der Waals surface area (Å²) < 4.78 is 0. The molecular weight excluding hydrogens is 220 g/mol. The highest BCUT2D eigenvalue weighted by atomic mass is 16.4. The minimum absolute atomic E-state index is 0.0516. The van der Waals surface area contributed by atoms with Crippen LogP contribution in [0.25, 0.3) is 0 Å². The van der Waals surface area contributed by atoms with Gasteiger partial charge in [-0.1, -0.05) is 12.8 Å². The Bertz CT molecular complexity index is 319. The molecule has 1 amide bonds. The fourth-order valence-electron chi connectivity index (χ4n) is 3.24. The van der Waals surface area contributed by atoms with Crippen LogP contribution in [0.3, 0.4) is 0 Å². The molecule has 0 bridgehead atoms. The summed E-state index contributed by atoms with van der Waals surface area (Å²) in [7, 11) is 0. The first kappa shape index (κ1) is 12.4. The van der Waals surface area contributed by atoms with Gasteiger partial charge in [0.05, 0.1) is 0 Å². The zero-order valence-electron chi connectivity index (χ0n) is 9.89. The summed E-state index contributed by atoms with van der Waals surface area (Å²) in [6.07, 6.45) is 5.29. The quantitative estimate of drug-likeness (QED) is 0.669. The second kappa shape index (κ2) is 5.04. The first-order chi connectivity index (χ1) is 8.08. The van der Waals surface area contributed by atoms with Gasteiger partial charge in [0.1, 0.15) is 6.04 Å². The van der Waals surface area contributed by atoms with Crippen LogP contribution in [0.15, 0.2) is 0 Å². The lowest BCUT2D eigenvalue weighted by atomic mass is 9.70. The molecule has 96 valence electrons. The second-order valence-corrected chi connectivity index (χ2v) is 5.27. The molecule has 5 nitrogen and oxygen atoms in total. The highest BCUT2D eigenvalue weighted by Gasteiger charge is 2.39. The van der Waals surface area contributed by atoms with Crippen molar-refractivity contribution in [2.45, 2.75) is 50.6 Å². The number of hydrogen-bond donors (Lipinski definition) is 3. The molecule has 1 saturated carbocycles. The van der Waals surface area contributed by atoms with Gasteiger partial charge in [-0.25, -0.2) is 0 Å². The molecule has 0 aromatic heterocycles. The summed E-state index contributed by atoms with van der Waals surface area (Å²) in [5.74, 6) is -0.355. The highest BCUT2D eigenvalue weighted by Crippen LogP contribution is 2.37. The van der Waals surface area contributed by atoms with Crippen molar-refractivity contribution in [3.8, 4) is 0 Å². The molecule has 4 unspecified atom stereocenters. The normalized spacial score (nSPS) is 34.6. The van der Waals surface area contributed by atoms with E-state index in [0.717, 1.165) is 19.3 Å². The van der Waals surface area contributed by atoms with Crippen LogP contribution in [-0.2, 0) is 9.59 Å². The van der Waals surface area contributed by atoms with Gasteiger partial charge in [-0.05, 0) is 31.1 Å². The molecule has 5 heteroatoms. The average Bonchev–Trinajstić information content (AvgIpc) is 2.28. The number of aliphatic carboxylic acids is 1. The molecule has 1 heterocycles. The number of rotatable bonds is 3. The standard InChI is InChI=1S/C12H20N2O3/c13-9(12(16)17)5-7-6-11(15)14-10-4-2-1-3-8(7)10/h7-10H,1-6,13H2,(H,14,15)(H,16,17). The molecule has 0 spiro atoms. The molecule has 0 aromatic rings. The first-order valence-corrected chi connectivity index (χ1v) is 6.35. The molecule has 2 aliphatic rings. The predicted molar refractivity (Wildman–Crippen MR) is 62.2 cm³/mol. The number of carbonyl (C=O) groups is 2. The number of carbonyl (C=O) groups excluding carboxylic acids is 1. The molecular formula is C12H20N2O3. The third-order valence-corrected chi connectivity index (χ3v) is 4.09. The zero-order valence-corrected chi connectivity index (χ0v) is 9.89. The van der Waals surface area contributed by atoms with Crippen molar-refractivity contribution in [1.82, 2.24) is 5.32 Å². The summed E-state index contributed by atoms with van der Waals surface area (Å²) >= 11 is 0. The molecule has 1 aliphatic heterocycles. The SMILES string of the molecule is NC(CC1CC(=O)NC2CCCCC12)C(=O)O. The van der Waals surface area contributed by atoms with Gasteiger partial charge in [-0.3, -0.25) is 9.59 Å². The zero-order chi connectivity index (χ0) is 12.4. The number of carboxylic acid groups (broad SMARTS) is 1. The molecule has 1 aliphatic carbocycles. The Morgan fingerprint density at radius 1 is 1.47 bits per heavy atom. The maximum atomic E-state index is 11.6. The van der Waals surface area contributed by atoms with Gasteiger partial charge in [0.2, 0.25) is 5.91 Å². The third kappa shape index (κ3) is 2.77. The fourth-order valence-corrected chi connectivity index (χ4v) is 3.24. The maximum absolute atomic E-state index is 11.6. The van der Waals surface area contributed by atoms with Crippen LogP contribution in [-0.4, -0.2) is 29.1 Å². The van der Waals surface area contributed by atoms with E-state index in [4.69, 9.17) is 10.8 Å². The number of carboxylic acids is 1. The largest absolute Gasteiger partial charge is 0.480 e. The minimum Gasteiger partial charge on any atom is -0.480 e. The van der Waals surface area contributed by atoms with E-state index in [1.54, 1.807) is 0 Å². The lowest BCUT2D eigenvalue weighted by molar-refractivity contribution is -0.140. The van der Waals surface area contributed by atoms with Crippen LogP contribution in [0.2, 0.25) is 0 Å². The van der Waals surface area contributed by atoms with Crippen LogP contribution in [0.1, 0.15) is 38.5 Å². The van der Waals surface area contributed by atoms with E-state index in [1.165, 1.54) is 6.42 Å². The Morgan fingerprint density at radius 3 is 2.88 bits per heavy atom. The fraction of sp³-hybridized carbons (Fsp3) is 0.833. The van der Waals surface area contributed by atoms with Crippen LogP contribution < -0.4 is 11.1 Å². The summed E-state index contributed by atoms with van der Waals surface area (Å²) in [5, 5.41) is 11.9. The lowest BCUT2D eigenvalue weighted by Gasteiger charge is -2.42. The molecule has 0 radical (unpaired) electrons. The van der Waals surface area contributed by atoms with E-state index in [9.17, 15) is 9.59 Å². The second-order valence-electron chi connectivity index (χ2n) is 5.27. The Kier molecular flexibility index (Phi) is 3.66. The van der Waals surface area contributed by atoms with Crippen molar-refractivity contribution in [3.63, 3.8) is 0 Å². The maximum Gasteiger partial charge on any atom is 0.320 e. The third-order valence-electron chi connectivity index (χ3n) is 4.09. The van der Waals surface area contributed by atoms with E-state index in [1.807, 2.05) is 0 Å². The average molecular weight is 240 g/mol. The Balaban J connectivity index is 2.02. The van der Waals surface area contributed by atoms with Crippen LogP contribution >= 0.6 is 0 Å². The molecule has 4 N–H and O–H groups in total. The number of nitrogens with one attached hydrogen (secondary N) is 1. The Hall–Kier alpha value is -1.10. The number of fused-ring (bicyclic) bond motifs is 1. The van der Waals surface area contributed by atoms with E-state index in [2.05, 4.69) is 5.32 Å². The topological polar surface area (TPSA) is 92.4 Å². The van der Waals surface area contributed by atoms with Crippen molar-refractivity contribution < 1.29 is 14.7 Å². The number of amides is 1. The monoisotopic (exact) mass is 240 g/mol. The van der Waals surface area contributed by atoms with Crippen LogP contribution in [0, 0.1) is 11.8 Å². The molecule has 17 heavy (non-hydrogen) atoms. The molecule has 4 atom stereocenters. The van der Waals surface area contributed by atoms with Crippen molar-refractivity contribution in [2.75, 3.05) is 0 Å². The van der Waals surface area contributed by atoms with Crippen molar-refractivity contribution >= 4 is 11.9 Å². The van der Waals surface area contributed by atoms with Crippen molar-refractivity contribution in [3.05, 3.63) is 0 Å². The molecule has 1 saturated heterocycles. The van der Waals surface area contributed by atoms with Crippen molar-refractivity contribution in [1.29, 1.82) is 0 Å². The van der Waals surface area contributed by atoms with E-state index in [0.29, 0.717) is 18.8 Å². The molecule has 2 fully saturated rings. The Morgan fingerprint density at radius 2 is 2.18 bits per heavy atom. The number of piperidine rings is 1. The van der Waals surface area contributed by atoms with Gasteiger partial charge in [-0.15, -0.1) is 0 Å². The first-order valence-electron chi connectivity index (χ1n) is 6.35. The molecule has 2 rings (SSSR count). The van der Waals surface area contributed by atoms with Gasteiger partial charge in [0.15, 0.2) is 0 Å². The van der Waals surface area contributed by atoms with E-state index >= 15 is 0 Å². The highest BCUT2D eigenvalue weighted by molar-refractivity contribution is 5.78. The number of nitrogens with two attached hydrogens (primary N) is 1. The van der Waals surface area contributed by atoms with Crippen LogP contribution in [0.5, 0.6) is 0 Å². The summed E-state index contributed by atoms with van der Waals surface area (Å²) in [4.78, 5) is 22.4. The predicted octanol–water partition coefficient (Wildman–Crippen LogP) is 0.483. The van der Waals surface area contributed by atoms with Gasteiger partial charge < -0.3 is 16.2 Å². The van der Waals surface area contributed by atoms with Gasteiger partial charge in [0, 0.05) is 12.5 Å². The van der Waals surface area contributed by atoms with E-state index in [-0.39, 0.29) is 17.9 Å². The Labute approximate surface area is 101 Å². The van der Waals surface area contributed by atoms with E-state index < -0.39 is 12.0 Å². The van der Waals surface area contributed by atoms with Gasteiger partial charge in [-0.2, -0.15) is 0 Å². The summed E-state index contributed by atoms with van der Waals surface area (Å²) in [5.41, 5.74) is 5.58. The summed E-state index contributed by atoms with van der Waals surface area (Å²) in [6.45, 7) is 0. The smallest absolute Gasteiger partial charge is 0.320 e. The van der Waals surface area contributed by atoms with Gasteiger partial charge in [0.25, 0.3) is 0 Å². The molecule has 0 aromatic carbocycles. The summed E-state index contributed by atoms with van der Waals surface area (Å²) in [6, 6.07) is -0.593. The van der Waals surface area contributed by atoms with Crippen molar-refractivity contribution in [2.24, 2.45) is 17.6 Å².